The molecule has 9 heteroatoms. The van der Waals surface area contributed by atoms with Gasteiger partial charge >= 0.3 is 0 Å². The third-order valence-electron chi connectivity index (χ3n) is 6.96. The summed E-state index contributed by atoms with van der Waals surface area (Å²) in [5, 5.41) is 3.11. The van der Waals surface area contributed by atoms with E-state index < -0.39 is 0 Å². The van der Waals surface area contributed by atoms with E-state index in [1.54, 1.807) is 17.2 Å². The number of rotatable bonds is 8. The minimum Gasteiger partial charge on any atom is -0.493 e. The predicted molar refractivity (Wildman–Crippen MR) is 133 cm³/mol. The number of hydrogen-bond acceptors (Lipinski definition) is 5. The first-order valence-electron chi connectivity index (χ1n) is 12.4. The topological polar surface area (TPSA) is 96.6 Å². The summed E-state index contributed by atoms with van der Waals surface area (Å²) in [6, 6.07) is 6.29. The fourth-order valence-electron chi connectivity index (χ4n) is 4.78. The molecule has 0 radical (unpaired) electrons. The minimum atomic E-state index is -0.356. The summed E-state index contributed by atoms with van der Waals surface area (Å²) in [5.41, 5.74) is 3.73. The summed E-state index contributed by atoms with van der Waals surface area (Å²) in [7, 11) is 1.50. The molecular weight excluding hydrogens is 463 g/mol. The number of aromatic nitrogens is 2. The van der Waals surface area contributed by atoms with Crippen molar-refractivity contribution in [1.29, 1.82) is 0 Å². The van der Waals surface area contributed by atoms with Crippen molar-refractivity contribution < 1.29 is 23.5 Å². The lowest BCUT2D eigenvalue weighted by Crippen LogP contribution is -2.47. The predicted octanol–water partition coefficient (Wildman–Crippen LogP) is 3.83. The highest BCUT2D eigenvalue weighted by atomic mass is 19.1. The zero-order chi connectivity index (χ0) is 25.2. The second kappa shape index (κ2) is 10.3. The molecule has 2 aromatic heterocycles. The number of amides is 2. The van der Waals surface area contributed by atoms with Crippen molar-refractivity contribution in [3.05, 3.63) is 47.5 Å². The standard InChI is InChI=1S/C27H31FN4O4/c1-16-24(27(34)31-19-8-11-32(12-9-19)23(33)15-35-2)26-25(30-16)20(7-10-29-26)21-13-18(28)5-6-22(21)36-14-17-3-4-17/h5-7,10,13,17,19,30H,3-4,8-9,11-12,14-15H2,1-2H3,(H,31,34). The van der Waals surface area contributed by atoms with Gasteiger partial charge in [-0.2, -0.15) is 0 Å². The Labute approximate surface area is 209 Å². The second-order valence-corrected chi connectivity index (χ2v) is 9.66. The van der Waals surface area contributed by atoms with Crippen LogP contribution in [0.25, 0.3) is 22.2 Å². The number of piperidine rings is 1. The molecular formula is C27H31FN4O4. The van der Waals surface area contributed by atoms with E-state index >= 15 is 0 Å². The number of carbonyl (C=O) groups is 2. The largest absolute Gasteiger partial charge is 0.493 e. The Balaban J connectivity index is 1.38. The Kier molecular flexibility index (Phi) is 6.91. The van der Waals surface area contributed by atoms with Gasteiger partial charge in [-0.3, -0.25) is 14.6 Å². The number of nitrogens with one attached hydrogen (secondary N) is 2. The quantitative estimate of drug-likeness (QED) is 0.496. The lowest BCUT2D eigenvalue weighted by atomic mass is 10.0. The molecule has 1 aromatic carbocycles. The van der Waals surface area contributed by atoms with E-state index in [0.717, 1.165) is 18.4 Å². The van der Waals surface area contributed by atoms with Gasteiger partial charge in [-0.05, 0) is 62.8 Å². The number of halogens is 1. The molecule has 2 N–H and O–H groups in total. The molecule has 2 amide bonds. The lowest BCUT2D eigenvalue weighted by Gasteiger charge is -2.32. The van der Waals surface area contributed by atoms with E-state index in [2.05, 4.69) is 15.3 Å². The van der Waals surface area contributed by atoms with Gasteiger partial charge < -0.3 is 24.7 Å². The van der Waals surface area contributed by atoms with Crippen LogP contribution in [-0.4, -0.2) is 66.1 Å². The number of aryl methyl sites for hydroxylation is 1. The molecule has 1 aliphatic carbocycles. The van der Waals surface area contributed by atoms with Crippen molar-refractivity contribution in [2.45, 2.75) is 38.6 Å². The van der Waals surface area contributed by atoms with Crippen LogP contribution in [0.4, 0.5) is 4.39 Å². The summed E-state index contributed by atoms with van der Waals surface area (Å²) in [6.07, 6.45) is 5.30. The number of likely N-dealkylation sites (tertiary alicyclic amines) is 1. The molecule has 0 spiro atoms. The van der Waals surface area contributed by atoms with Crippen LogP contribution >= 0.6 is 0 Å². The average molecular weight is 495 g/mol. The number of benzene rings is 1. The number of ether oxygens (including phenoxy) is 2. The van der Waals surface area contributed by atoms with Gasteiger partial charge in [0.15, 0.2) is 0 Å². The van der Waals surface area contributed by atoms with Crippen LogP contribution in [0.15, 0.2) is 30.5 Å². The van der Waals surface area contributed by atoms with Crippen molar-refractivity contribution >= 4 is 22.8 Å². The van der Waals surface area contributed by atoms with Crippen LogP contribution < -0.4 is 10.1 Å². The van der Waals surface area contributed by atoms with E-state index in [1.165, 1.54) is 19.2 Å². The SMILES string of the molecule is COCC(=O)N1CCC(NC(=O)c2c(C)[nH]c3c(-c4cc(F)ccc4OCC4CC4)ccnc23)CC1. The number of methoxy groups -OCH3 is 1. The van der Waals surface area contributed by atoms with Gasteiger partial charge in [0.25, 0.3) is 5.91 Å². The van der Waals surface area contributed by atoms with Crippen molar-refractivity contribution in [2.24, 2.45) is 5.92 Å². The molecule has 5 rings (SSSR count). The van der Waals surface area contributed by atoms with E-state index in [4.69, 9.17) is 9.47 Å². The van der Waals surface area contributed by atoms with Crippen molar-refractivity contribution in [3.8, 4) is 16.9 Å². The molecule has 3 heterocycles. The van der Waals surface area contributed by atoms with Gasteiger partial charge in [-0.15, -0.1) is 0 Å². The fourth-order valence-corrected chi connectivity index (χ4v) is 4.78. The van der Waals surface area contributed by atoms with Crippen molar-refractivity contribution in [3.63, 3.8) is 0 Å². The number of pyridine rings is 1. The highest BCUT2D eigenvalue weighted by Crippen LogP contribution is 2.38. The van der Waals surface area contributed by atoms with Crippen LogP contribution in [0.5, 0.6) is 5.75 Å². The molecule has 3 aromatic rings. The molecule has 2 aliphatic rings. The summed E-state index contributed by atoms with van der Waals surface area (Å²) in [5.74, 6) is 0.571. The van der Waals surface area contributed by atoms with Gasteiger partial charge in [0.05, 0.1) is 17.7 Å². The van der Waals surface area contributed by atoms with E-state index in [0.29, 0.717) is 72.1 Å². The number of hydrogen-bond donors (Lipinski definition) is 2. The van der Waals surface area contributed by atoms with Gasteiger partial charge in [0.2, 0.25) is 5.91 Å². The summed E-state index contributed by atoms with van der Waals surface area (Å²) >= 11 is 0. The van der Waals surface area contributed by atoms with Gasteiger partial charge in [0.1, 0.15) is 23.7 Å². The van der Waals surface area contributed by atoms with Crippen molar-refractivity contribution in [2.75, 3.05) is 33.4 Å². The second-order valence-electron chi connectivity index (χ2n) is 9.66. The molecule has 0 atom stereocenters. The first-order valence-corrected chi connectivity index (χ1v) is 12.4. The number of fused-ring (bicyclic) bond motifs is 1. The molecule has 0 unspecified atom stereocenters. The third-order valence-corrected chi connectivity index (χ3v) is 6.96. The van der Waals surface area contributed by atoms with E-state index in [-0.39, 0.29) is 30.3 Å². The van der Waals surface area contributed by atoms with Crippen molar-refractivity contribution in [1.82, 2.24) is 20.2 Å². The zero-order valence-corrected chi connectivity index (χ0v) is 20.6. The highest BCUT2D eigenvalue weighted by Gasteiger charge is 2.27. The van der Waals surface area contributed by atoms with Crippen LogP contribution in [0.3, 0.4) is 0 Å². The minimum absolute atomic E-state index is 0.0377. The summed E-state index contributed by atoms with van der Waals surface area (Å²) in [4.78, 5) is 34.9. The Morgan fingerprint density at radius 2 is 1.94 bits per heavy atom. The lowest BCUT2D eigenvalue weighted by molar-refractivity contribution is -0.136. The van der Waals surface area contributed by atoms with Crippen LogP contribution in [0.1, 0.15) is 41.7 Å². The van der Waals surface area contributed by atoms with Gasteiger partial charge in [0, 0.05) is 49.3 Å². The maximum absolute atomic E-state index is 14.3. The molecule has 1 saturated carbocycles. The molecule has 8 nitrogen and oxygen atoms in total. The van der Waals surface area contributed by atoms with Gasteiger partial charge in [-0.1, -0.05) is 0 Å². The molecule has 0 bridgehead atoms. The normalized spacial score (nSPS) is 16.4. The summed E-state index contributed by atoms with van der Waals surface area (Å²) < 4.78 is 25.2. The highest BCUT2D eigenvalue weighted by molar-refractivity contribution is 6.09. The molecule has 1 aliphatic heterocycles. The third kappa shape index (κ3) is 5.06. The van der Waals surface area contributed by atoms with E-state index in [9.17, 15) is 14.0 Å². The fraction of sp³-hybridized carbons (Fsp3) is 0.444. The Morgan fingerprint density at radius 3 is 2.67 bits per heavy atom. The number of aromatic amines is 1. The number of H-pyrrole nitrogens is 1. The molecule has 1 saturated heterocycles. The average Bonchev–Trinajstić information content (AvgIpc) is 3.63. The number of nitrogens with zero attached hydrogens (tertiary/aromatic N) is 2. The Bertz CT molecular complexity index is 1280. The molecule has 36 heavy (non-hydrogen) atoms. The van der Waals surface area contributed by atoms with Crippen LogP contribution in [0, 0.1) is 18.7 Å². The molecule has 190 valence electrons. The Hall–Kier alpha value is -3.46. The number of carbonyl (C=O) groups excluding carboxylic acids is 2. The first-order chi connectivity index (χ1) is 17.4. The van der Waals surface area contributed by atoms with Crippen LogP contribution in [-0.2, 0) is 9.53 Å². The molecule has 2 fully saturated rings. The maximum Gasteiger partial charge on any atom is 0.255 e. The maximum atomic E-state index is 14.3. The Morgan fingerprint density at radius 1 is 1.17 bits per heavy atom. The monoisotopic (exact) mass is 494 g/mol. The first kappa shape index (κ1) is 24.2. The van der Waals surface area contributed by atoms with Crippen LogP contribution in [0.2, 0.25) is 0 Å². The summed E-state index contributed by atoms with van der Waals surface area (Å²) in [6.45, 7) is 3.66. The zero-order valence-electron chi connectivity index (χ0n) is 20.6. The smallest absolute Gasteiger partial charge is 0.255 e. The van der Waals surface area contributed by atoms with E-state index in [1.807, 2.05) is 13.0 Å². The van der Waals surface area contributed by atoms with Gasteiger partial charge in [-0.25, -0.2) is 4.39 Å².